The van der Waals surface area contributed by atoms with E-state index in [0.717, 1.165) is 0 Å². The summed E-state index contributed by atoms with van der Waals surface area (Å²) in [7, 11) is 0. The molecule has 0 aromatic rings. The SMILES string of the molecule is [NH]C(=O)CCS. The Morgan fingerprint density at radius 3 is 2.33 bits per heavy atom. The Balaban J connectivity index is 2.83. The molecule has 0 bridgehead atoms. The van der Waals surface area contributed by atoms with Gasteiger partial charge in [0.25, 0.3) is 0 Å². The van der Waals surface area contributed by atoms with Gasteiger partial charge < -0.3 is 0 Å². The van der Waals surface area contributed by atoms with Crippen LogP contribution in [-0.4, -0.2) is 11.7 Å². The smallest absolute Gasteiger partial charge is 0.239 e. The highest BCUT2D eigenvalue weighted by Crippen LogP contribution is 1.79. The average Bonchev–Trinajstić information content (AvgIpc) is 1.35. The normalized spacial score (nSPS) is 8.17. The van der Waals surface area contributed by atoms with Crippen LogP contribution in [0.1, 0.15) is 6.42 Å². The summed E-state index contributed by atoms with van der Waals surface area (Å²) >= 11 is 3.72. The third kappa shape index (κ3) is 3.82. The number of carbonyl (C=O) groups is 1. The molecule has 1 amide bonds. The van der Waals surface area contributed by atoms with Gasteiger partial charge in [0.2, 0.25) is 5.91 Å². The maximum absolute atomic E-state index is 9.66. The molecule has 0 fully saturated rings. The summed E-state index contributed by atoms with van der Waals surface area (Å²) < 4.78 is 0. The van der Waals surface area contributed by atoms with Gasteiger partial charge >= 0.3 is 0 Å². The molecule has 1 N–H and O–H groups in total. The lowest BCUT2D eigenvalue weighted by atomic mass is 10.5. The molecule has 0 aromatic heterocycles. The molecule has 0 aliphatic rings. The maximum Gasteiger partial charge on any atom is 0.239 e. The van der Waals surface area contributed by atoms with Gasteiger partial charge in [-0.3, -0.25) is 10.5 Å². The second-order valence-corrected chi connectivity index (χ2v) is 1.34. The molecule has 1 radical (unpaired) electrons. The zero-order valence-electron chi connectivity index (χ0n) is 3.27. The monoisotopic (exact) mass is 104 g/mol. The third-order valence-electron chi connectivity index (χ3n) is 0.339. The molecule has 0 aromatic carbocycles. The second kappa shape index (κ2) is 3.03. The summed E-state index contributed by atoms with van der Waals surface area (Å²) in [5, 5.41) is 0. The highest BCUT2D eigenvalue weighted by molar-refractivity contribution is 7.80. The van der Waals surface area contributed by atoms with Gasteiger partial charge in [0, 0.05) is 6.42 Å². The fourth-order valence-corrected chi connectivity index (χ4v) is 0.305. The molecular weight excluding hydrogens is 98.1 g/mol. The largest absolute Gasteiger partial charge is 0.273 e. The van der Waals surface area contributed by atoms with Gasteiger partial charge in [-0.05, 0) is 5.75 Å². The van der Waals surface area contributed by atoms with Crippen molar-refractivity contribution in [3.05, 3.63) is 0 Å². The first-order valence-electron chi connectivity index (χ1n) is 1.62. The number of thiol groups is 1. The van der Waals surface area contributed by atoms with Crippen LogP contribution in [0.25, 0.3) is 0 Å². The fourth-order valence-electron chi connectivity index (χ4n) is 0.102. The summed E-state index contributed by atoms with van der Waals surface area (Å²) in [5.74, 6) is -0.0486. The third-order valence-corrected chi connectivity index (χ3v) is 0.562. The van der Waals surface area contributed by atoms with E-state index in [9.17, 15) is 4.79 Å². The zero-order chi connectivity index (χ0) is 4.99. The first-order chi connectivity index (χ1) is 2.77. The van der Waals surface area contributed by atoms with E-state index in [4.69, 9.17) is 5.73 Å². The maximum atomic E-state index is 9.66. The molecule has 0 spiro atoms. The van der Waals surface area contributed by atoms with E-state index in [2.05, 4.69) is 12.6 Å². The van der Waals surface area contributed by atoms with Crippen LogP contribution in [0, 0.1) is 0 Å². The fraction of sp³-hybridized carbons (Fsp3) is 0.667. The lowest BCUT2D eigenvalue weighted by molar-refractivity contribution is -0.118. The molecule has 3 heteroatoms. The van der Waals surface area contributed by atoms with Gasteiger partial charge in [-0.2, -0.15) is 12.6 Å². The highest BCUT2D eigenvalue weighted by Gasteiger charge is 1.86. The molecule has 35 valence electrons. The molecule has 0 saturated carbocycles. The number of amides is 1. The van der Waals surface area contributed by atoms with E-state index in [1.807, 2.05) is 0 Å². The van der Waals surface area contributed by atoms with Crippen LogP contribution in [-0.2, 0) is 4.79 Å². The van der Waals surface area contributed by atoms with Crippen LogP contribution in [0.4, 0.5) is 0 Å². The van der Waals surface area contributed by atoms with Crippen molar-refractivity contribution in [2.45, 2.75) is 6.42 Å². The van der Waals surface area contributed by atoms with Gasteiger partial charge in [0.05, 0.1) is 0 Å². The van der Waals surface area contributed by atoms with Crippen molar-refractivity contribution in [3.63, 3.8) is 0 Å². The van der Waals surface area contributed by atoms with E-state index in [-0.39, 0.29) is 6.42 Å². The summed E-state index contributed by atoms with van der Waals surface area (Å²) in [5.41, 5.74) is 6.29. The Kier molecular flexibility index (Phi) is 2.94. The van der Waals surface area contributed by atoms with Crippen molar-refractivity contribution in [1.29, 1.82) is 0 Å². The Bertz CT molecular complexity index is 54.8. The van der Waals surface area contributed by atoms with Crippen molar-refractivity contribution >= 4 is 18.5 Å². The van der Waals surface area contributed by atoms with E-state index >= 15 is 0 Å². The molecule has 2 nitrogen and oxygen atoms in total. The molecule has 0 atom stereocenters. The number of hydrogen-bond donors (Lipinski definition) is 1. The quantitative estimate of drug-likeness (QED) is 0.496. The topological polar surface area (TPSA) is 40.9 Å². The minimum absolute atomic E-state index is 0.267. The van der Waals surface area contributed by atoms with E-state index in [0.29, 0.717) is 5.75 Å². The Morgan fingerprint density at radius 1 is 1.83 bits per heavy atom. The number of rotatable bonds is 2. The molecule has 0 saturated heterocycles. The van der Waals surface area contributed by atoms with E-state index in [1.54, 1.807) is 0 Å². The van der Waals surface area contributed by atoms with Crippen LogP contribution in [0.3, 0.4) is 0 Å². The number of carbonyl (C=O) groups excluding carboxylic acids is 1. The summed E-state index contributed by atoms with van der Waals surface area (Å²) in [6.45, 7) is 0. The van der Waals surface area contributed by atoms with Gasteiger partial charge in [-0.25, -0.2) is 0 Å². The molecule has 0 aliphatic heterocycles. The average molecular weight is 104 g/mol. The molecular formula is C3H6NOS. The van der Waals surface area contributed by atoms with Crippen molar-refractivity contribution in [2.24, 2.45) is 0 Å². The molecule has 6 heavy (non-hydrogen) atoms. The summed E-state index contributed by atoms with van der Waals surface area (Å²) in [6, 6.07) is 0. The van der Waals surface area contributed by atoms with Crippen LogP contribution >= 0.6 is 12.6 Å². The second-order valence-electron chi connectivity index (χ2n) is 0.897. The van der Waals surface area contributed by atoms with Crippen LogP contribution in [0.2, 0.25) is 0 Å². The Labute approximate surface area is 42.1 Å². The predicted molar refractivity (Wildman–Crippen MR) is 26.6 cm³/mol. The van der Waals surface area contributed by atoms with Crippen LogP contribution in [0.5, 0.6) is 0 Å². The van der Waals surface area contributed by atoms with Crippen molar-refractivity contribution < 1.29 is 4.79 Å². The Morgan fingerprint density at radius 2 is 2.33 bits per heavy atom. The Hall–Kier alpha value is -0.180. The van der Waals surface area contributed by atoms with Gasteiger partial charge in [-0.1, -0.05) is 0 Å². The van der Waals surface area contributed by atoms with Crippen molar-refractivity contribution in [2.75, 3.05) is 5.75 Å². The first kappa shape index (κ1) is 5.82. The van der Waals surface area contributed by atoms with Gasteiger partial charge in [0.15, 0.2) is 0 Å². The van der Waals surface area contributed by atoms with Gasteiger partial charge in [0.1, 0.15) is 0 Å². The zero-order valence-corrected chi connectivity index (χ0v) is 4.16. The number of nitrogens with one attached hydrogen (secondary N) is 1. The molecule has 0 heterocycles. The number of hydrogen-bond acceptors (Lipinski definition) is 2. The first-order valence-corrected chi connectivity index (χ1v) is 2.26. The molecule has 0 aliphatic carbocycles. The highest BCUT2D eigenvalue weighted by atomic mass is 32.1. The lowest BCUT2D eigenvalue weighted by Crippen LogP contribution is -1.96. The van der Waals surface area contributed by atoms with Crippen molar-refractivity contribution in [3.8, 4) is 0 Å². The molecule has 0 rings (SSSR count). The molecule has 0 unspecified atom stereocenters. The standard InChI is InChI=1S/C3H6NOS/c4-3(5)1-2-6/h4,6H,1-2H2. The minimum atomic E-state index is -0.537. The van der Waals surface area contributed by atoms with Gasteiger partial charge in [-0.15, -0.1) is 0 Å². The minimum Gasteiger partial charge on any atom is -0.273 e. The summed E-state index contributed by atoms with van der Waals surface area (Å²) in [4.78, 5) is 9.66. The van der Waals surface area contributed by atoms with E-state index in [1.165, 1.54) is 0 Å². The predicted octanol–water partition coefficient (Wildman–Crippen LogP) is 0.116. The van der Waals surface area contributed by atoms with Crippen molar-refractivity contribution in [1.82, 2.24) is 5.73 Å². The van der Waals surface area contributed by atoms with Crippen LogP contribution < -0.4 is 5.73 Å². The lowest BCUT2D eigenvalue weighted by Gasteiger charge is -1.79. The summed E-state index contributed by atoms with van der Waals surface area (Å²) in [6.07, 6.45) is 0.267. The van der Waals surface area contributed by atoms with E-state index < -0.39 is 5.91 Å². The van der Waals surface area contributed by atoms with Crippen LogP contribution in [0.15, 0.2) is 0 Å².